The van der Waals surface area contributed by atoms with E-state index in [1.165, 1.54) is 0 Å². The van der Waals surface area contributed by atoms with Crippen molar-refractivity contribution in [3.05, 3.63) is 0 Å². The van der Waals surface area contributed by atoms with E-state index >= 15 is 0 Å². The van der Waals surface area contributed by atoms with Crippen molar-refractivity contribution in [2.45, 2.75) is 38.4 Å². The van der Waals surface area contributed by atoms with Gasteiger partial charge in [0.2, 0.25) is 0 Å². The Labute approximate surface area is 81.6 Å². The minimum Gasteiger partial charge on any atom is -0.392 e. The van der Waals surface area contributed by atoms with Crippen LogP contribution in [0.3, 0.4) is 0 Å². The lowest BCUT2D eigenvalue weighted by atomic mass is 9.64. The summed E-state index contributed by atoms with van der Waals surface area (Å²) in [5.74, 6) is -1.19. The molecule has 3 rings (SSSR count). The predicted octanol–water partition coefficient (Wildman–Crippen LogP) is 0.644. The minimum absolute atomic E-state index is 0.128. The van der Waals surface area contributed by atoms with E-state index in [2.05, 4.69) is 0 Å². The molecule has 0 amide bonds. The standard InChI is InChI=1S/C10H12O4/c1-9-4-3-5(14-9)10(2)6(9)7(11)13-8(10)12/h5-6H,3-4H2,1-2H3/t5-,6-,9+,10+/m1/s1. The van der Waals surface area contributed by atoms with Gasteiger partial charge in [0.05, 0.1) is 11.7 Å². The van der Waals surface area contributed by atoms with Crippen LogP contribution in [0.25, 0.3) is 0 Å². The van der Waals surface area contributed by atoms with Crippen molar-refractivity contribution >= 4 is 11.9 Å². The normalized spacial score (nSPS) is 55.0. The lowest BCUT2D eigenvalue weighted by Crippen LogP contribution is -2.44. The summed E-state index contributed by atoms with van der Waals surface area (Å²) in [7, 11) is 0. The van der Waals surface area contributed by atoms with E-state index in [-0.39, 0.29) is 12.0 Å². The van der Waals surface area contributed by atoms with Crippen LogP contribution in [0.4, 0.5) is 0 Å². The second kappa shape index (κ2) is 2.03. The molecule has 4 heteroatoms. The van der Waals surface area contributed by atoms with Gasteiger partial charge in [-0.3, -0.25) is 9.59 Å². The summed E-state index contributed by atoms with van der Waals surface area (Å²) in [6.45, 7) is 3.70. The zero-order chi connectivity index (χ0) is 10.1. The van der Waals surface area contributed by atoms with Crippen LogP contribution in [0, 0.1) is 11.3 Å². The number of carbonyl (C=O) groups is 2. The molecule has 3 saturated heterocycles. The molecule has 3 aliphatic rings. The van der Waals surface area contributed by atoms with E-state index < -0.39 is 23.0 Å². The summed E-state index contributed by atoms with van der Waals surface area (Å²) in [6.07, 6.45) is 1.57. The Balaban J connectivity index is 2.16. The van der Waals surface area contributed by atoms with E-state index in [4.69, 9.17) is 9.47 Å². The Kier molecular flexibility index (Phi) is 1.22. The van der Waals surface area contributed by atoms with Crippen LogP contribution in [-0.4, -0.2) is 23.6 Å². The third-order valence-electron chi connectivity index (χ3n) is 4.06. The number of carbonyl (C=O) groups excluding carboxylic acids is 2. The van der Waals surface area contributed by atoms with Gasteiger partial charge in [-0.1, -0.05) is 0 Å². The molecule has 0 aromatic rings. The van der Waals surface area contributed by atoms with Crippen molar-refractivity contribution < 1.29 is 19.1 Å². The Hall–Kier alpha value is -0.900. The van der Waals surface area contributed by atoms with Crippen molar-refractivity contribution in [3.63, 3.8) is 0 Å². The van der Waals surface area contributed by atoms with E-state index in [1.54, 1.807) is 6.92 Å². The number of rotatable bonds is 0. The van der Waals surface area contributed by atoms with Crippen molar-refractivity contribution in [1.29, 1.82) is 0 Å². The van der Waals surface area contributed by atoms with Gasteiger partial charge in [0.25, 0.3) is 0 Å². The predicted molar refractivity (Wildman–Crippen MR) is 45.2 cm³/mol. The molecule has 0 aromatic heterocycles. The van der Waals surface area contributed by atoms with Gasteiger partial charge in [-0.15, -0.1) is 0 Å². The molecule has 0 N–H and O–H groups in total. The third kappa shape index (κ3) is 0.639. The Bertz CT molecular complexity index is 350. The molecule has 3 aliphatic heterocycles. The molecule has 3 heterocycles. The summed E-state index contributed by atoms with van der Waals surface area (Å²) in [4.78, 5) is 23.1. The molecule has 2 bridgehead atoms. The number of hydrogen-bond acceptors (Lipinski definition) is 4. The molecule has 0 radical (unpaired) electrons. The maximum Gasteiger partial charge on any atom is 0.323 e. The van der Waals surface area contributed by atoms with Crippen LogP contribution in [0.2, 0.25) is 0 Å². The second-order valence-electron chi connectivity index (χ2n) is 4.88. The van der Waals surface area contributed by atoms with E-state index in [0.29, 0.717) is 0 Å². The van der Waals surface area contributed by atoms with Crippen molar-refractivity contribution in [2.24, 2.45) is 11.3 Å². The van der Waals surface area contributed by atoms with Crippen LogP contribution in [0.15, 0.2) is 0 Å². The molecule has 0 aliphatic carbocycles. The maximum atomic E-state index is 11.6. The fourth-order valence-corrected chi connectivity index (χ4v) is 3.32. The topological polar surface area (TPSA) is 52.6 Å². The smallest absolute Gasteiger partial charge is 0.323 e. The average molecular weight is 196 g/mol. The third-order valence-corrected chi connectivity index (χ3v) is 4.06. The number of esters is 2. The lowest BCUT2D eigenvalue weighted by molar-refractivity contribution is -0.160. The first-order chi connectivity index (χ1) is 6.48. The zero-order valence-electron chi connectivity index (χ0n) is 8.20. The van der Waals surface area contributed by atoms with Crippen molar-refractivity contribution in [2.75, 3.05) is 0 Å². The van der Waals surface area contributed by atoms with Gasteiger partial charge in [0.1, 0.15) is 11.3 Å². The highest BCUT2D eigenvalue weighted by atomic mass is 16.6. The van der Waals surface area contributed by atoms with Gasteiger partial charge in [-0.25, -0.2) is 0 Å². The fourth-order valence-electron chi connectivity index (χ4n) is 3.32. The number of cyclic esters (lactones) is 2. The monoisotopic (exact) mass is 196 g/mol. The zero-order valence-corrected chi connectivity index (χ0v) is 8.20. The first-order valence-corrected chi connectivity index (χ1v) is 4.92. The van der Waals surface area contributed by atoms with Crippen LogP contribution >= 0.6 is 0 Å². The lowest BCUT2D eigenvalue weighted by Gasteiger charge is -2.30. The second-order valence-corrected chi connectivity index (χ2v) is 4.88. The average Bonchev–Trinajstić information content (AvgIpc) is 2.62. The van der Waals surface area contributed by atoms with E-state index in [1.807, 2.05) is 6.92 Å². The van der Waals surface area contributed by atoms with E-state index in [0.717, 1.165) is 12.8 Å². The molecule has 0 aromatic carbocycles. The quantitative estimate of drug-likeness (QED) is 0.421. The Morgan fingerprint density at radius 1 is 1.36 bits per heavy atom. The summed E-state index contributed by atoms with van der Waals surface area (Å²) >= 11 is 0. The van der Waals surface area contributed by atoms with Crippen LogP contribution in [0.1, 0.15) is 26.7 Å². The summed E-state index contributed by atoms with van der Waals surface area (Å²) in [5, 5.41) is 0. The fraction of sp³-hybridized carbons (Fsp3) is 0.800. The SMILES string of the molecule is C[C@@]12C(=O)OC(=O)[C@@H]1[C@]1(C)CC[C@H]2O1. The molecule has 3 fully saturated rings. The summed E-state index contributed by atoms with van der Waals surface area (Å²) < 4.78 is 10.5. The molecule has 0 saturated carbocycles. The molecule has 4 nitrogen and oxygen atoms in total. The Morgan fingerprint density at radius 2 is 2.07 bits per heavy atom. The highest BCUT2D eigenvalue weighted by Gasteiger charge is 2.73. The first kappa shape index (κ1) is 8.41. The summed E-state index contributed by atoms with van der Waals surface area (Å²) in [5.41, 5.74) is -1.19. The van der Waals surface area contributed by atoms with Gasteiger partial charge < -0.3 is 9.47 Å². The van der Waals surface area contributed by atoms with Crippen molar-refractivity contribution in [3.8, 4) is 0 Å². The largest absolute Gasteiger partial charge is 0.392 e. The van der Waals surface area contributed by atoms with E-state index in [9.17, 15) is 9.59 Å². The Morgan fingerprint density at radius 3 is 2.71 bits per heavy atom. The molecule has 76 valence electrons. The highest BCUT2D eigenvalue weighted by molar-refractivity contribution is 6.00. The number of hydrogen-bond donors (Lipinski definition) is 0. The van der Waals surface area contributed by atoms with Gasteiger partial charge in [-0.05, 0) is 26.7 Å². The molecule has 4 atom stereocenters. The first-order valence-electron chi connectivity index (χ1n) is 4.92. The summed E-state index contributed by atoms with van der Waals surface area (Å²) in [6, 6.07) is 0. The van der Waals surface area contributed by atoms with Crippen molar-refractivity contribution in [1.82, 2.24) is 0 Å². The van der Waals surface area contributed by atoms with Gasteiger partial charge in [0, 0.05) is 0 Å². The molecular weight excluding hydrogens is 184 g/mol. The van der Waals surface area contributed by atoms with Crippen LogP contribution < -0.4 is 0 Å². The van der Waals surface area contributed by atoms with Gasteiger partial charge in [0.15, 0.2) is 0 Å². The molecule has 0 spiro atoms. The van der Waals surface area contributed by atoms with Gasteiger partial charge in [-0.2, -0.15) is 0 Å². The van der Waals surface area contributed by atoms with Crippen LogP contribution in [0.5, 0.6) is 0 Å². The van der Waals surface area contributed by atoms with Crippen LogP contribution in [-0.2, 0) is 19.1 Å². The number of fused-ring (bicyclic) bond motifs is 5. The molecule has 14 heavy (non-hydrogen) atoms. The maximum absolute atomic E-state index is 11.6. The minimum atomic E-state index is -0.718. The number of ether oxygens (including phenoxy) is 2. The molecule has 0 unspecified atom stereocenters. The van der Waals surface area contributed by atoms with Gasteiger partial charge >= 0.3 is 11.9 Å². The highest BCUT2D eigenvalue weighted by Crippen LogP contribution is 2.61. The molecular formula is C10H12O4.